The lowest BCUT2D eigenvalue weighted by Gasteiger charge is -2.27. The average molecular weight is 254 g/mol. The Kier molecular flexibility index (Phi) is 5.85. The lowest BCUT2D eigenvalue weighted by atomic mass is 10.0. The summed E-state index contributed by atoms with van der Waals surface area (Å²) < 4.78 is 0. The number of aliphatic carboxylic acids is 1. The minimum Gasteiger partial charge on any atom is -0.480 e. The number of hydrogen-bond acceptors (Lipinski definition) is 3. The number of carbonyl (C=O) groups excluding carboxylic acids is 1. The number of carboxylic acid groups (broad SMARTS) is 1. The number of rotatable bonds is 6. The Morgan fingerprint density at radius 1 is 1.50 bits per heavy atom. The van der Waals surface area contributed by atoms with E-state index in [1.807, 2.05) is 6.92 Å². The van der Waals surface area contributed by atoms with Crippen molar-refractivity contribution in [3.8, 4) is 0 Å². The van der Waals surface area contributed by atoms with Gasteiger partial charge in [-0.3, -0.25) is 14.9 Å². The topological polar surface area (TPSA) is 69.6 Å². The summed E-state index contributed by atoms with van der Waals surface area (Å²) in [5, 5.41) is 11.5. The number of likely N-dealkylation sites (N-methyl/N-ethyl adjacent to an activating group) is 1. The van der Waals surface area contributed by atoms with Crippen LogP contribution in [0, 0.1) is 0 Å². The molecule has 0 radical (unpaired) electrons. The fraction of sp³-hybridized carbons (Fsp3) is 0.692. The first-order chi connectivity index (χ1) is 8.56. The second kappa shape index (κ2) is 7.16. The molecule has 102 valence electrons. The summed E-state index contributed by atoms with van der Waals surface area (Å²) in [6, 6.07) is -0.701. The number of nitrogens with zero attached hydrogens (tertiary/aromatic N) is 1. The zero-order valence-corrected chi connectivity index (χ0v) is 11.1. The Morgan fingerprint density at radius 2 is 2.22 bits per heavy atom. The summed E-state index contributed by atoms with van der Waals surface area (Å²) in [7, 11) is 0. The van der Waals surface area contributed by atoms with Crippen molar-refractivity contribution >= 4 is 11.9 Å². The predicted octanol–water partition coefficient (Wildman–Crippen LogP) is 1.36. The van der Waals surface area contributed by atoms with Crippen LogP contribution in [0.2, 0.25) is 0 Å². The Morgan fingerprint density at radius 3 is 2.72 bits per heavy atom. The first-order valence-electron chi connectivity index (χ1n) is 6.51. The normalized spacial score (nSPS) is 16.9. The summed E-state index contributed by atoms with van der Waals surface area (Å²) in [4.78, 5) is 24.4. The second-order valence-electron chi connectivity index (χ2n) is 4.52. The van der Waals surface area contributed by atoms with Gasteiger partial charge in [-0.25, -0.2) is 0 Å². The minimum atomic E-state index is -0.942. The van der Waals surface area contributed by atoms with Crippen LogP contribution in [-0.4, -0.2) is 41.0 Å². The van der Waals surface area contributed by atoms with E-state index in [0.717, 1.165) is 25.0 Å². The van der Waals surface area contributed by atoms with Crippen molar-refractivity contribution in [2.45, 2.75) is 45.6 Å². The number of nitrogens with one attached hydrogen (secondary N) is 1. The van der Waals surface area contributed by atoms with Crippen molar-refractivity contribution in [3.05, 3.63) is 11.8 Å². The molecule has 0 saturated carbocycles. The van der Waals surface area contributed by atoms with E-state index < -0.39 is 12.0 Å². The molecular weight excluding hydrogens is 232 g/mol. The third-order valence-electron chi connectivity index (χ3n) is 3.16. The van der Waals surface area contributed by atoms with Gasteiger partial charge < -0.3 is 10.0 Å². The van der Waals surface area contributed by atoms with Crippen LogP contribution in [0.3, 0.4) is 0 Å². The zero-order chi connectivity index (χ0) is 13.5. The first kappa shape index (κ1) is 14.7. The maximum absolute atomic E-state index is 12.0. The van der Waals surface area contributed by atoms with Crippen LogP contribution >= 0.6 is 0 Å². The monoisotopic (exact) mass is 254 g/mol. The van der Waals surface area contributed by atoms with Gasteiger partial charge in [-0.2, -0.15) is 0 Å². The van der Waals surface area contributed by atoms with Crippen molar-refractivity contribution in [2.24, 2.45) is 0 Å². The summed E-state index contributed by atoms with van der Waals surface area (Å²) in [5.41, 5.74) is 1.08. The molecule has 0 aromatic carbocycles. The van der Waals surface area contributed by atoms with E-state index in [9.17, 15) is 9.59 Å². The molecule has 0 heterocycles. The molecule has 0 aromatic heterocycles. The minimum absolute atomic E-state index is 0.0567. The van der Waals surface area contributed by atoms with Gasteiger partial charge >= 0.3 is 5.97 Å². The van der Waals surface area contributed by atoms with Gasteiger partial charge in [-0.05, 0) is 39.5 Å². The highest BCUT2D eigenvalue weighted by molar-refractivity contribution is 5.81. The molecule has 0 saturated heterocycles. The number of amides is 1. The van der Waals surface area contributed by atoms with Gasteiger partial charge in [-0.15, -0.1) is 0 Å². The smallest absolute Gasteiger partial charge is 0.320 e. The van der Waals surface area contributed by atoms with Crippen molar-refractivity contribution in [3.63, 3.8) is 0 Å². The molecule has 0 aromatic rings. The molecule has 1 aliphatic carbocycles. The van der Waals surface area contributed by atoms with Crippen LogP contribution in [0.1, 0.15) is 39.5 Å². The lowest BCUT2D eigenvalue weighted by Crippen LogP contribution is -2.43. The second-order valence-corrected chi connectivity index (χ2v) is 4.52. The third-order valence-corrected chi connectivity index (χ3v) is 3.16. The molecular formula is C13H22N2O3. The molecule has 0 spiro atoms. The number of hydrogen-bond donors (Lipinski definition) is 2. The fourth-order valence-corrected chi connectivity index (χ4v) is 2.03. The lowest BCUT2D eigenvalue weighted by molar-refractivity contribution is -0.139. The molecule has 0 aliphatic heterocycles. The molecule has 18 heavy (non-hydrogen) atoms. The number of carboxylic acids is 1. The quantitative estimate of drug-likeness (QED) is 0.751. The Bertz CT molecular complexity index is 339. The van der Waals surface area contributed by atoms with E-state index in [2.05, 4.69) is 11.4 Å². The molecule has 0 unspecified atom stereocenters. The first-order valence-corrected chi connectivity index (χ1v) is 6.51. The van der Waals surface area contributed by atoms with Gasteiger partial charge in [0.2, 0.25) is 5.91 Å². The van der Waals surface area contributed by atoms with Crippen LogP contribution < -0.4 is 5.32 Å². The van der Waals surface area contributed by atoms with E-state index in [-0.39, 0.29) is 12.5 Å². The van der Waals surface area contributed by atoms with Crippen molar-refractivity contribution in [1.82, 2.24) is 10.2 Å². The van der Waals surface area contributed by atoms with Gasteiger partial charge in [0.25, 0.3) is 0 Å². The largest absolute Gasteiger partial charge is 0.480 e. The Hall–Kier alpha value is -1.36. The Labute approximate surface area is 108 Å². The van der Waals surface area contributed by atoms with Crippen LogP contribution in [0.4, 0.5) is 0 Å². The zero-order valence-electron chi connectivity index (χ0n) is 11.1. The Balaban J connectivity index is 2.52. The van der Waals surface area contributed by atoms with Gasteiger partial charge in [0.1, 0.15) is 6.04 Å². The summed E-state index contributed by atoms with van der Waals surface area (Å²) in [6.45, 7) is 4.17. The highest BCUT2D eigenvalue weighted by Gasteiger charge is 2.19. The van der Waals surface area contributed by atoms with E-state index in [1.54, 1.807) is 4.90 Å². The molecule has 1 aliphatic rings. The highest BCUT2D eigenvalue weighted by Crippen LogP contribution is 2.20. The maximum atomic E-state index is 12.0. The molecule has 0 bridgehead atoms. The van der Waals surface area contributed by atoms with E-state index in [4.69, 9.17) is 5.11 Å². The van der Waals surface area contributed by atoms with Crippen LogP contribution in [0.25, 0.3) is 0 Å². The van der Waals surface area contributed by atoms with Crippen molar-refractivity contribution in [2.75, 3.05) is 13.1 Å². The highest BCUT2D eigenvalue weighted by atomic mass is 16.4. The van der Waals surface area contributed by atoms with Crippen molar-refractivity contribution < 1.29 is 14.7 Å². The molecule has 2 N–H and O–H groups in total. The molecule has 1 atom stereocenters. The average Bonchev–Trinajstić information content (AvgIpc) is 2.38. The third kappa shape index (κ3) is 4.14. The summed E-state index contributed by atoms with van der Waals surface area (Å²) in [6.07, 6.45) is 6.38. The predicted molar refractivity (Wildman–Crippen MR) is 69.0 cm³/mol. The van der Waals surface area contributed by atoms with Gasteiger partial charge in [0.05, 0.1) is 6.54 Å². The van der Waals surface area contributed by atoms with Gasteiger partial charge in [-0.1, -0.05) is 6.08 Å². The van der Waals surface area contributed by atoms with Gasteiger partial charge in [0.15, 0.2) is 0 Å². The van der Waals surface area contributed by atoms with E-state index in [0.29, 0.717) is 6.54 Å². The van der Waals surface area contributed by atoms with Crippen molar-refractivity contribution in [1.29, 1.82) is 0 Å². The molecule has 0 fully saturated rings. The summed E-state index contributed by atoms with van der Waals surface area (Å²) in [5.74, 6) is -0.999. The molecule has 5 nitrogen and oxygen atoms in total. The van der Waals surface area contributed by atoms with E-state index >= 15 is 0 Å². The van der Waals surface area contributed by atoms with Crippen LogP contribution in [0.5, 0.6) is 0 Å². The van der Waals surface area contributed by atoms with Crippen LogP contribution in [-0.2, 0) is 9.59 Å². The standard InChI is InChI=1S/C13H22N2O3/c1-3-15(11-7-5-4-6-8-11)12(16)9-14-10(2)13(17)18/h7,10,14H,3-6,8-9H2,1-2H3,(H,17,18)/t10-/m1/s1. The SMILES string of the molecule is CCN(C(=O)CN[C@H](C)C(=O)O)C1=CCCCC1. The number of allylic oxidation sites excluding steroid dienone is 2. The number of carbonyl (C=O) groups is 2. The molecule has 5 heteroatoms. The summed E-state index contributed by atoms with van der Waals surface area (Å²) >= 11 is 0. The molecule has 1 rings (SSSR count). The molecule has 1 amide bonds. The fourth-order valence-electron chi connectivity index (χ4n) is 2.03. The maximum Gasteiger partial charge on any atom is 0.320 e. The van der Waals surface area contributed by atoms with Crippen LogP contribution in [0.15, 0.2) is 11.8 Å². The van der Waals surface area contributed by atoms with Gasteiger partial charge in [0, 0.05) is 12.2 Å². The van der Waals surface area contributed by atoms with E-state index in [1.165, 1.54) is 13.3 Å².